The fourth-order valence-electron chi connectivity index (χ4n) is 1.52. The number of nitrogens with two attached hydrogens (primary N) is 1. The zero-order chi connectivity index (χ0) is 14.8. The monoisotopic (exact) mass is 304 g/mol. The van der Waals surface area contributed by atoms with Gasteiger partial charge in [0.25, 0.3) is 0 Å². The van der Waals surface area contributed by atoms with Crippen LogP contribution in [0, 0.1) is 0 Å². The van der Waals surface area contributed by atoms with Crippen molar-refractivity contribution >= 4 is 22.4 Å². The maximum Gasteiger partial charge on any atom is 0.416 e. The SMILES string of the molecule is Nc1nsc(NCC(O)C(F)(F)F)c1-c1cccnc1. The number of aliphatic hydroxyl groups excluding tert-OH is 1. The summed E-state index contributed by atoms with van der Waals surface area (Å²) >= 11 is 0.931. The quantitative estimate of drug-likeness (QED) is 0.806. The number of rotatable bonds is 4. The minimum absolute atomic E-state index is 0.201. The lowest BCUT2D eigenvalue weighted by atomic mass is 10.1. The molecule has 0 saturated heterocycles. The number of pyridine rings is 1. The maximum atomic E-state index is 12.2. The number of aromatic nitrogens is 2. The molecule has 0 fully saturated rings. The molecule has 0 aliphatic rings. The van der Waals surface area contributed by atoms with Crippen molar-refractivity contribution in [2.75, 3.05) is 17.6 Å². The highest BCUT2D eigenvalue weighted by Crippen LogP contribution is 2.36. The van der Waals surface area contributed by atoms with Gasteiger partial charge in [-0.15, -0.1) is 0 Å². The molecule has 1 atom stereocenters. The van der Waals surface area contributed by atoms with Gasteiger partial charge in [0, 0.05) is 18.0 Å². The molecule has 5 nitrogen and oxygen atoms in total. The predicted molar refractivity (Wildman–Crippen MR) is 70.3 cm³/mol. The van der Waals surface area contributed by atoms with Crippen LogP contribution in [0.5, 0.6) is 0 Å². The number of nitrogens with one attached hydrogen (secondary N) is 1. The molecule has 0 aliphatic heterocycles. The van der Waals surface area contributed by atoms with Crippen molar-refractivity contribution in [1.82, 2.24) is 9.36 Å². The van der Waals surface area contributed by atoms with Crippen molar-refractivity contribution in [3.63, 3.8) is 0 Å². The van der Waals surface area contributed by atoms with Gasteiger partial charge in [-0.25, -0.2) is 0 Å². The number of nitrogens with zero attached hydrogens (tertiary/aromatic N) is 2. The van der Waals surface area contributed by atoms with E-state index in [4.69, 9.17) is 10.8 Å². The van der Waals surface area contributed by atoms with Crippen molar-refractivity contribution in [2.24, 2.45) is 0 Å². The number of nitrogen functional groups attached to an aromatic ring is 1. The van der Waals surface area contributed by atoms with Gasteiger partial charge in [0.05, 0.1) is 12.1 Å². The summed E-state index contributed by atoms with van der Waals surface area (Å²) in [4.78, 5) is 3.92. The Kier molecular flexibility index (Phi) is 4.09. The summed E-state index contributed by atoms with van der Waals surface area (Å²) in [6.45, 7) is -0.668. The highest BCUT2D eigenvalue weighted by Gasteiger charge is 2.38. The van der Waals surface area contributed by atoms with Gasteiger partial charge in [0.2, 0.25) is 0 Å². The van der Waals surface area contributed by atoms with Gasteiger partial charge >= 0.3 is 6.18 Å². The molecule has 2 aromatic heterocycles. The van der Waals surface area contributed by atoms with Crippen molar-refractivity contribution < 1.29 is 18.3 Å². The fourth-order valence-corrected chi connectivity index (χ4v) is 2.26. The molecule has 0 spiro atoms. The zero-order valence-electron chi connectivity index (χ0n) is 10.1. The third-order valence-corrected chi connectivity index (χ3v) is 3.32. The van der Waals surface area contributed by atoms with Gasteiger partial charge in [-0.3, -0.25) is 4.98 Å². The molecule has 0 bridgehead atoms. The van der Waals surface area contributed by atoms with Crippen LogP contribution in [0.1, 0.15) is 0 Å². The van der Waals surface area contributed by atoms with Gasteiger partial charge in [0.15, 0.2) is 6.10 Å². The second-order valence-electron chi connectivity index (χ2n) is 3.95. The standard InChI is InChI=1S/C11H11F3N4OS/c12-11(13,14)7(19)5-17-10-8(9(15)18-20-10)6-2-1-3-16-4-6/h1-4,7,17,19H,5H2,(H2,15,18). The number of anilines is 2. The summed E-state index contributed by atoms with van der Waals surface area (Å²) in [7, 11) is 0. The van der Waals surface area contributed by atoms with Crippen molar-refractivity contribution in [2.45, 2.75) is 12.3 Å². The van der Waals surface area contributed by atoms with Crippen LogP contribution in [0.3, 0.4) is 0 Å². The molecule has 2 heterocycles. The summed E-state index contributed by atoms with van der Waals surface area (Å²) in [6.07, 6.45) is -4.02. The number of hydrogen-bond acceptors (Lipinski definition) is 6. The fraction of sp³-hybridized carbons (Fsp3) is 0.273. The molecule has 2 rings (SSSR count). The molecule has 0 aromatic carbocycles. The molecule has 2 aromatic rings. The van der Waals surface area contributed by atoms with E-state index in [-0.39, 0.29) is 5.82 Å². The molecule has 108 valence electrons. The van der Waals surface area contributed by atoms with Gasteiger partial charge < -0.3 is 16.2 Å². The minimum Gasteiger partial charge on any atom is -0.382 e. The molecule has 9 heteroatoms. The summed E-state index contributed by atoms with van der Waals surface area (Å²) in [5, 5.41) is 11.8. The number of halogens is 3. The molecule has 0 saturated carbocycles. The normalized spacial score (nSPS) is 13.2. The number of hydrogen-bond donors (Lipinski definition) is 3. The first-order valence-corrected chi connectivity index (χ1v) is 6.31. The Morgan fingerprint density at radius 2 is 2.20 bits per heavy atom. The zero-order valence-corrected chi connectivity index (χ0v) is 10.9. The Morgan fingerprint density at radius 1 is 1.45 bits per heavy atom. The van der Waals surface area contributed by atoms with E-state index in [0.29, 0.717) is 16.1 Å². The van der Waals surface area contributed by atoms with Crippen molar-refractivity contribution in [3.05, 3.63) is 24.5 Å². The highest BCUT2D eigenvalue weighted by molar-refractivity contribution is 7.11. The van der Waals surface area contributed by atoms with Crippen LogP contribution in [0.25, 0.3) is 11.1 Å². The Balaban J connectivity index is 2.19. The molecule has 20 heavy (non-hydrogen) atoms. The summed E-state index contributed by atoms with van der Waals surface area (Å²) in [6, 6.07) is 3.40. The lowest BCUT2D eigenvalue weighted by molar-refractivity contribution is -0.198. The smallest absolute Gasteiger partial charge is 0.382 e. The molecule has 0 aliphatic carbocycles. The van der Waals surface area contributed by atoms with Crippen LogP contribution in [0.2, 0.25) is 0 Å². The lowest BCUT2D eigenvalue weighted by Gasteiger charge is -2.15. The Bertz CT molecular complexity index is 573. The van der Waals surface area contributed by atoms with Crippen molar-refractivity contribution in [3.8, 4) is 11.1 Å². The average Bonchev–Trinajstić information content (AvgIpc) is 2.77. The Morgan fingerprint density at radius 3 is 2.80 bits per heavy atom. The largest absolute Gasteiger partial charge is 0.416 e. The number of aliphatic hydroxyl groups is 1. The first kappa shape index (κ1) is 14.5. The molecular formula is C11H11F3N4OS. The topological polar surface area (TPSA) is 84.1 Å². The van der Waals surface area contributed by atoms with E-state index in [2.05, 4.69) is 14.7 Å². The molecular weight excluding hydrogens is 293 g/mol. The van der Waals surface area contributed by atoms with Gasteiger partial charge in [-0.1, -0.05) is 6.07 Å². The van der Waals surface area contributed by atoms with E-state index in [1.165, 1.54) is 6.20 Å². The lowest BCUT2D eigenvalue weighted by Crippen LogP contribution is -2.34. The average molecular weight is 304 g/mol. The first-order chi connectivity index (χ1) is 9.39. The Hall–Kier alpha value is -1.87. The van der Waals surface area contributed by atoms with Gasteiger partial charge in [-0.2, -0.15) is 17.5 Å². The van der Waals surface area contributed by atoms with Crippen LogP contribution in [-0.2, 0) is 0 Å². The van der Waals surface area contributed by atoms with E-state index < -0.39 is 18.8 Å². The van der Waals surface area contributed by atoms with E-state index in [1.807, 2.05) is 0 Å². The van der Waals surface area contributed by atoms with Crippen LogP contribution < -0.4 is 11.1 Å². The summed E-state index contributed by atoms with van der Waals surface area (Å²) in [5.74, 6) is 0.201. The molecule has 1 unspecified atom stereocenters. The first-order valence-electron chi connectivity index (χ1n) is 5.54. The van der Waals surface area contributed by atoms with Crippen LogP contribution >= 0.6 is 11.5 Å². The maximum absolute atomic E-state index is 12.2. The minimum atomic E-state index is -4.67. The number of alkyl halides is 3. The predicted octanol–water partition coefficient (Wildman–Crippen LogP) is 2.12. The second-order valence-corrected chi connectivity index (χ2v) is 4.73. The van der Waals surface area contributed by atoms with E-state index >= 15 is 0 Å². The van der Waals surface area contributed by atoms with Crippen LogP contribution in [0.4, 0.5) is 24.0 Å². The summed E-state index contributed by atoms with van der Waals surface area (Å²) in [5.41, 5.74) is 6.84. The third kappa shape index (κ3) is 3.17. The van der Waals surface area contributed by atoms with E-state index in [9.17, 15) is 13.2 Å². The second kappa shape index (κ2) is 5.63. The van der Waals surface area contributed by atoms with Gasteiger partial charge in [0.1, 0.15) is 10.8 Å². The van der Waals surface area contributed by atoms with E-state index in [0.717, 1.165) is 11.5 Å². The summed E-state index contributed by atoms with van der Waals surface area (Å²) < 4.78 is 40.6. The van der Waals surface area contributed by atoms with Gasteiger partial charge in [-0.05, 0) is 17.6 Å². The van der Waals surface area contributed by atoms with Crippen LogP contribution in [-0.4, -0.2) is 33.3 Å². The molecule has 0 radical (unpaired) electrons. The van der Waals surface area contributed by atoms with Crippen LogP contribution in [0.15, 0.2) is 24.5 Å². The highest BCUT2D eigenvalue weighted by atomic mass is 32.1. The van der Waals surface area contributed by atoms with E-state index in [1.54, 1.807) is 18.3 Å². The molecule has 4 N–H and O–H groups in total. The third-order valence-electron chi connectivity index (χ3n) is 2.50. The molecule has 0 amide bonds. The Labute approximate surface area is 116 Å². The van der Waals surface area contributed by atoms with Crippen molar-refractivity contribution in [1.29, 1.82) is 0 Å².